The molecule has 0 bridgehead atoms. The summed E-state index contributed by atoms with van der Waals surface area (Å²) in [7, 11) is 0. The second-order valence-electron chi connectivity index (χ2n) is 4.31. The molecule has 3 nitrogen and oxygen atoms in total. The predicted molar refractivity (Wildman–Crippen MR) is 74.4 cm³/mol. The number of nitrogens with zero attached hydrogens (tertiary/aromatic N) is 1. The average Bonchev–Trinajstić information content (AvgIpc) is 2.27. The van der Waals surface area contributed by atoms with Gasteiger partial charge >= 0.3 is 0 Å². The zero-order chi connectivity index (χ0) is 13.0. The van der Waals surface area contributed by atoms with Crippen LogP contribution < -0.4 is 0 Å². The molecule has 4 heteroatoms. The maximum atomic E-state index is 10.8. The molecule has 0 aromatic heterocycles. The van der Waals surface area contributed by atoms with E-state index in [0.29, 0.717) is 11.5 Å². The minimum absolute atomic E-state index is 0.177. The third-order valence-corrected chi connectivity index (χ3v) is 3.33. The maximum absolute atomic E-state index is 10.8. The molecule has 1 rings (SSSR count). The molecule has 0 unspecified atom stereocenters. The highest BCUT2D eigenvalue weighted by molar-refractivity contribution is 9.09. The third kappa shape index (κ3) is 3.66. The van der Waals surface area contributed by atoms with Gasteiger partial charge in [0, 0.05) is 17.0 Å². The number of nitro benzene ring substituents is 1. The summed E-state index contributed by atoms with van der Waals surface area (Å²) in [4.78, 5) is 10.5. The Hall–Kier alpha value is -1.16. The van der Waals surface area contributed by atoms with Gasteiger partial charge in [-0.2, -0.15) is 0 Å². The van der Waals surface area contributed by atoms with Crippen molar-refractivity contribution in [1.29, 1.82) is 0 Å². The van der Waals surface area contributed by atoms with Gasteiger partial charge in [-0.3, -0.25) is 10.1 Å². The van der Waals surface area contributed by atoms with Gasteiger partial charge in [0.15, 0.2) is 0 Å². The van der Waals surface area contributed by atoms with E-state index in [1.54, 1.807) is 19.1 Å². The Morgan fingerprint density at radius 1 is 1.53 bits per heavy atom. The lowest BCUT2D eigenvalue weighted by Gasteiger charge is -2.08. The molecule has 0 aliphatic heterocycles. The van der Waals surface area contributed by atoms with Crippen LogP contribution in [-0.4, -0.2) is 10.3 Å². The molecule has 0 aliphatic rings. The summed E-state index contributed by atoms with van der Waals surface area (Å²) in [5.41, 5.74) is 2.97. The fourth-order valence-corrected chi connectivity index (χ4v) is 2.30. The zero-order valence-electron chi connectivity index (χ0n) is 10.2. The van der Waals surface area contributed by atoms with E-state index in [9.17, 15) is 10.1 Å². The van der Waals surface area contributed by atoms with Crippen LogP contribution in [0.2, 0.25) is 0 Å². The van der Waals surface area contributed by atoms with Crippen LogP contribution in [0.5, 0.6) is 0 Å². The van der Waals surface area contributed by atoms with Crippen LogP contribution in [0, 0.1) is 23.0 Å². The van der Waals surface area contributed by atoms with Crippen molar-refractivity contribution >= 4 is 27.7 Å². The molecular formula is C13H16BrNO2. The molecule has 0 fully saturated rings. The Morgan fingerprint density at radius 2 is 2.18 bits per heavy atom. The predicted octanol–water partition coefficient (Wildman–Crippen LogP) is 4.34. The standard InChI is InChI=1S/C13H16BrNO2/c1-9(2)12(8-14)6-11-5-4-10(3)13(7-11)15(16)17/h4-7,9H,8H2,1-3H3. The number of aryl methyl sites for hydroxylation is 1. The lowest BCUT2D eigenvalue weighted by molar-refractivity contribution is -0.385. The Labute approximate surface area is 110 Å². The van der Waals surface area contributed by atoms with Gasteiger partial charge < -0.3 is 0 Å². The Bertz CT molecular complexity index is 453. The summed E-state index contributed by atoms with van der Waals surface area (Å²) >= 11 is 3.43. The number of nitro groups is 1. The monoisotopic (exact) mass is 297 g/mol. The SMILES string of the molecule is Cc1ccc(C=C(CBr)C(C)C)cc1[N+](=O)[O-]. The van der Waals surface area contributed by atoms with E-state index in [4.69, 9.17) is 0 Å². The highest BCUT2D eigenvalue weighted by Gasteiger charge is 2.10. The maximum Gasteiger partial charge on any atom is 0.272 e. The summed E-state index contributed by atoms with van der Waals surface area (Å²) in [6.45, 7) is 5.96. The van der Waals surface area contributed by atoms with E-state index in [0.717, 1.165) is 10.9 Å². The van der Waals surface area contributed by atoms with Crippen LogP contribution in [0.25, 0.3) is 6.08 Å². The minimum atomic E-state index is -0.337. The quantitative estimate of drug-likeness (QED) is 0.471. The van der Waals surface area contributed by atoms with Crippen molar-refractivity contribution in [2.75, 3.05) is 5.33 Å². The lowest BCUT2D eigenvalue weighted by Crippen LogP contribution is -1.96. The van der Waals surface area contributed by atoms with Crippen molar-refractivity contribution in [2.24, 2.45) is 5.92 Å². The highest BCUT2D eigenvalue weighted by atomic mass is 79.9. The van der Waals surface area contributed by atoms with Gasteiger partial charge in [0.05, 0.1) is 4.92 Å². The molecule has 1 aromatic rings. The highest BCUT2D eigenvalue weighted by Crippen LogP contribution is 2.23. The van der Waals surface area contributed by atoms with E-state index in [1.807, 2.05) is 12.1 Å². The van der Waals surface area contributed by atoms with E-state index in [-0.39, 0.29) is 10.6 Å². The van der Waals surface area contributed by atoms with Crippen LogP contribution in [0.3, 0.4) is 0 Å². The van der Waals surface area contributed by atoms with Gasteiger partial charge in [-0.25, -0.2) is 0 Å². The van der Waals surface area contributed by atoms with Gasteiger partial charge in [-0.05, 0) is 18.4 Å². The molecule has 0 radical (unpaired) electrons. The first-order valence-corrected chi connectivity index (χ1v) is 6.59. The molecule has 0 amide bonds. The summed E-state index contributed by atoms with van der Waals surface area (Å²) in [6, 6.07) is 5.32. The minimum Gasteiger partial charge on any atom is -0.258 e. The third-order valence-electron chi connectivity index (χ3n) is 2.68. The van der Waals surface area contributed by atoms with Crippen molar-refractivity contribution < 1.29 is 4.92 Å². The van der Waals surface area contributed by atoms with Crippen molar-refractivity contribution in [2.45, 2.75) is 20.8 Å². The lowest BCUT2D eigenvalue weighted by atomic mass is 10.0. The second-order valence-corrected chi connectivity index (χ2v) is 4.87. The number of allylic oxidation sites excluding steroid dienone is 1. The first kappa shape index (κ1) is 13.9. The first-order valence-electron chi connectivity index (χ1n) is 5.47. The molecule has 0 spiro atoms. The van der Waals surface area contributed by atoms with Gasteiger partial charge in [-0.15, -0.1) is 0 Å². The van der Waals surface area contributed by atoms with E-state index in [1.165, 1.54) is 5.57 Å². The van der Waals surface area contributed by atoms with Crippen LogP contribution in [0.1, 0.15) is 25.0 Å². The number of alkyl halides is 1. The molecule has 1 aromatic carbocycles. The summed E-state index contributed by atoms with van der Waals surface area (Å²) in [5, 5.41) is 11.6. The number of benzene rings is 1. The molecule has 0 N–H and O–H groups in total. The Kier molecular flexibility index (Phi) is 4.87. The van der Waals surface area contributed by atoms with Gasteiger partial charge in [0.2, 0.25) is 0 Å². The fourth-order valence-electron chi connectivity index (χ4n) is 1.49. The Balaban J connectivity index is 3.16. The van der Waals surface area contributed by atoms with E-state index in [2.05, 4.69) is 29.8 Å². The van der Waals surface area contributed by atoms with Gasteiger partial charge in [0.1, 0.15) is 0 Å². The van der Waals surface area contributed by atoms with E-state index >= 15 is 0 Å². The number of rotatable bonds is 4. The molecule has 17 heavy (non-hydrogen) atoms. The zero-order valence-corrected chi connectivity index (χ0v) is 11.8. The van der Waals surface area contributed by atoms with Crippen LogP contribution >= 0.6 is 15.9 Å². The van der Waals surface area contributed by atoms with Gasteiger partial charge in [0.25, 0.3) is 5.69 Å². The smallest absolute Gasteiger partial charge is 0.258 e. The fraction of sp³-hybridized carbons (Fsp3) is 0.385. The molecule has 0 aliphatic carbocycles. The van der Waals surface area contributed by atoms with Crippen molar-refractivity contribution in [3.63, 3.8) is 0 Å². The number of halogens is 1. The van der Waals surface area contributed by atoms with Gasteiger partial charge in [-0.1, -0.05) is 53.6 Å². The average molecular weight is 298 g/mol. The molecule has 0 atom stereocenters. The van der Waals surface area contributed by atoms with Crippen LogP contribution in [0.4, 0.5) is 5.69 Å². The summed E-state index contributed by atoms with van der Waals surface area (Å²) in [6.07, 6.45) is 2.01. The molecule has 0 saturated carbocycles. The van der Waals surface area contributed by atoms with E-state index < -0.39 is 0 Å². The molecule has 0 heterocycles. The van der Waals surface area contributed by atoms with Crippen molar-refractivity contribution in [3.05, 3.63) is 45.0 Å². The number of hydrogen-bond acceptors (Lipinski definition) is 2. The van der Waals surface area contributed by atoms with Crippen LogP contribution in [-0.2, 0) is 0 Å². The number of hydrogen-bond donors (Lipinski definition) is 0. The molecule has 0 saturated heterocycles. The molecule has 92 valence electrons. The van der Waals surface area contributed by atoms with Crippen molar-refractivity contribution in [3.8, 4) is 0 Å². The molecular weight excluding hydrogens is 282 g/mol. The topological polar surface area (TPSA) is 43.1 Å². The normalized spacial score (nSPS) is 11.9. The summed E-state index contributed by atoms with van der Waals surface area (Å²) < 4.78 is 0. The Morgan fingerprint density at radius 3 is 2.65 bits per heavy atom. The largest absolute Gasteiger partial charge is 0.272 e. The first-order chi connectivity index (χ1) is 7.95. The summed E-state index contributed by atoms with van der Waals surface area (Å²) in [5.74, 6) is 0.426. The van der Waals surface area contributed by atoms with Crippen LogP contribution in [0.15, 0.2) is 23.8 Å². The van der Waals surface area contributed by atoms with Crippen molar-refractivity contribution in [1.82, 2.24) is 0 Å². The second kappa shape index (κ2) is 5.96.